The van der Waals surface area contributed by atoms with E-state index in [1.807, 2.05) is 43.3 Å². The Morgan fingerprint density at radius 1 is 0.864 bits per heavy atom. The highest BCUT2D eigenvalue weighted by molar-refractivity contribution is 5.83. The van der Waals surface area contributed by atoms with Gasteiger partial charge in [0.05, 0.1) is 6.42 Å². The average molecular weight is 289 g/mol. The van der Waals surface area contributed by atoms with Gasteiger partial charge in [0.2, 0.25) is 5.91 Å². The number of hydrogen-bond donors (Lipinski definition) is 1. The third-order valence-electron chi connectivity index (χ3n) is 3.79. The van der Waals surface area contributed by atoms with Crippen molar-refractivity contribution in [3.8, 4) is 0 Å². The highest BCUT2D eigenvalue weighted by Gasteiger charge is 2.03. The molecule has 0 unspecified atom stereocenters. The van der Waals surface area contributed by atoms with Crippen LogP contribution in [0.5, 0.6) is 0 Å². The number of carbonyl (C=O) groups is 1. The lowest BCUT2D eigenvalue weighted by atomic mass is 10.1. The normalized spacial score (nSPS) is 10.6. The van der Waals surface area contributed by atoms with Crippen LogP contribution in [0.1, 0.15) is 16.7 Å². The van der Waals surface area contributed by atoms with Gasteiger partial charge in [-0.3, -0.25) is 4.79 Å². The smallest absolute Gasteiger partial charge is 0.224 e. The summed E-state index contributed by atoms with van der Waals surface area (Å²) in [6.45, 7) is 2.61. The van der Waals surface area contributed by atoms with Crippen molar-refractivity contribution in [3.63, 3.8) is 0 Å². The third-order valence-corrected chi connectivity index (χ3v) is 3.79. The van der Waals surface area contributed by atoms with Crippen LogP contribution in [0.25, 0.3) is 10.8 Å². The number of nitrogens with one attached hydrogen (secondary N) is 1. The number of hydrogen-bond acceptors (Lipinski definition) is 1. The minimum atomic E-state index is 0.0528. The summed E-state index contributed by atoms with van der Waals surface area (Å²) in [4.78, 5) is 12.0. The molecule has 0 heterocycles. The first-order valence-electron chi connectivity index (χ1n) is 7.51. The minimum absolute atomic E-state index is 0.0528. The van der Waals surface area contributed by atoms with Gasteiger partial charge in [-0.05, 0) is 34.9 Å². The zero-order chi connectivity index (χ0) is 15.4. The van der Waals surface area contributed by atoms with Crippen LogP contribution in [-0.4, -0.2) is 5.91 Å². The van der Waals surface area contributed by atoms with Gasteiger partial charge < -0.3 is 5.32 Å². The molecule has 3 aromatic rings. The van der Waals surface area contributed by atoms with E-state index in [4.69, 9.17) is 0 Å². The molecule has 0 aliphatic heterocycles. The Morgan fingerprint density at radius 3 is 2.32 bits per heavy atom. The first-order chi connectivity index (χ1) is 10.7. The first kappa shape index (κ1) is 14.3. The summed E-state index contributed by atoms with van der Waals surface area (Å²) in [6, 6.07) is 22.6. The SMILES string of the molecule is Cc1ccc(CC(=O)NCc2ccc3ccccc3c2)cc1. The van der Waals surface area contributed by atoms with Crippen LogP contribution in [0.3, 0.4) is 0 Å². The molecule has 3 rings (SSSR count). The van der Waals surface area contributed by atoms with Gasteiger partial charge in [-0.2, -0.15) is 0 Å². The molecule has 1 amide bonds. The molecule has 2 nitrogen and oxygen atoms in total. The van der Waals surface area contributed by atoms with Gasteiger partial charge in [-0.25, -0.2) is 0 Å². The van der Waals surface area contributed by atoms with Crippen molar-refractivity contribution >= 4 is 16.7 Å². The van der Waals surface area contributed by atoms with Crippen LogP contribution >= 0.6 is 0 Å². The van der Waals surface area contributed by atoms with Gasteiger partial charge in [0.1, 0.15) is 0 Å². The van der Waals surface area contributed by atoms with E-state index in [1.165, 1.54) is 16.3 Å². The van der Waals surface area contributed by atoms with E-state index in [1.54, 1.807) is 0 Å². The lowest BCUT2D eigenvalue weighted by Crippen LogP contribution is -2.24. The monoisotopic (exact) mass is 289 g/mol. The van der Waals surface area contributed by atoms with E-state index < -0.39 is 0 Å². The van der Waals surface area contributed by atoms with Gasteiger partial charge in [0, 0.05) is 6.54 Å². The van der Waals surface area contributed by atoms with E-state index in [-0.39, 0.29) is 5.91 Å². The highest BCUT2D eigenvalue weighted by Crippen LogP contribution is 2.15. The Labute approximate surface area is 130 Å². The topological polar surface area (TPSA) is 29.1 Å². The van der Waals surface area contributed by atoms with Crippen LogP contribution in [0, 0.1) is 6.92 Å². The fourth-order valence-corrected chi connectivity index (χ4v) is 2.50. The van der Waals surface area contributed by atoms with Crippen molar-refractivity contribution in [2.75, 3.05) is 0 Å². The third kappa shape index (κ3) is 3.53. The molecular formula is C20H19NO. The molecule has 0 fully saturated rings. The molecule has 0 bridgehead atoms. The van der Waals surface area contributed by atoms with Gasteiger partial charge in [0.25, 0.3) is 0 Å². The van der Waals surface area contributed by atoms with Crippen molar-refractivity contribution in [1.82, 2.24) is 5.32 Å². The standard InChI is InChI=1S/C20H19NO/c1-15-6-8-16(9-7-15)13-20(22)21-14-17-10-11-18-4-2-3-5-19(18)12-17/h2-12H,13-14H2,1H3,(H,21,22). The van der Waals surface area contributed by atoms with Gasteiger partial charge in [-0.15, -0.1) is 0 Å². The second-order valence-corrected chi connectivity index (χ2v) is 5.62. The molecular weight excluding hydrogens is 270 g/mol. The van der Waals surface area contributed by atoms with E-state index >= 15 is 0 Å². The lowest BCUT2D eigenvalue weighted by Gasteiger charge is -2.07. The summed E-state index contributed by atoms with van der Waals surface area (Å²) in [5.41, 5.74) is 3.37. The number of aryl methyl sites for hydroxylation is 1. The summed E-state index contributed by atoms with van der Waals surface area (Å²) >= 11 is 0. The minimum Gasteiger partial charge on any atom is -0.352 e. The van der Waals surface area contributed by atoms with Crippen molar-refractivity contribution in [2.24, 2.45) is 0 Å². The summed E-state index contributed by atoms with van der Waals surface area (Å²) < 4.78 is 0. The largest absolute Gasteiger partial charge is 0.352 e. The summed E-state index contributed by atoms with van der Waals surface area (Å²) in [5.74, 6) is 0.0528. The fraction of sp³-hybridized carbons (Fsp3) is 0.150. The molecule has 0 saturated carbocycles. The Balaban J connectivity index is 1.60. The van der Waals surface area contributed by atoms with Crippen LogP contribution in [0.15, 0.2) is 66.7 Å². The molecule has 2 heteroatoms. The van der Waals surface area contributed by atoms with Gasteiger partial charge in [0.15, 0.2) is 0 Å². The van der Waals surface area contributed by atoms with E-state index in [2.05, 4.69) is 35.6 Å². The van der Waals surface area contributed by atoms with Crippen molar-refractivity contribution in [2.45, 2.75) is 19.9 Å². The Bertz CT molecular complexity index is 790. The predicted octanol–water partition coefficient (Wildman–Crippen LogP) is 4.01. The van der Waals surface area contributed by atoms with Crippen LogP contribution < -0.4 is 5.32 Å². The van der Waals surface area contributed by atoms with Crippen molar-refractivity contribution in [1.29, 1.82) is 0 Å². The Morgan fingerprint density at radius 2 is 1.55 bits per heavy atom. The zero-order valence-corrected chi connectivity index (χ0v) is 12.7. The van der Waals surface area contributed by atoms with Crippen LogP contribution in [0.4, 0.5) is 0 Å². The maximum absolute atomic E-state index is 12.0. The lowest BCUT2D eigenvalue weighted by molar-refractivity contribution is -0.120. The molecule has 0 saturated heterocycles. The Hall–Kier alpha value is -2.61. The van der Waals surface area contributed by atoms with Crippen molar-refractivity contribution in [3.05, 3.63) is 83.4 Å². The maximum Gasteiger partial charge on any atom is 0.224 e. The summed E-state index contributed by atoms with van der Waals surface area (Å²) in [7, 11) is 0. The average Bonchev–Trinajstić information content (AvgIpc) is 2.55. The highest BCUT2D eigenvalue weighted by atomic mass is 16.1. The van der Waals surface area contributed by atoms with Crippen LogP contribution in [0.2, 0.25) is 0 Å². The van der Waals surface area contributed by atoms with Crippen LogP contribution in [-0.2, 0) is 17.8 Å². The molecule has 22 heavy (non-hydrogen) atoms. The number of fused-ring (bicyclic) bond motifs is 1. The number of rotatable bonds is 4. The summed E-state index contributed by atoms with van der Waals surface area (Å²) in [5, 5.41) is 5.41. The molecule has 0 aliphatic rings. The maximum atomic E-state index is 12.0. The second-order valence-electron chi connectivity index (χ2n) is 5.62. The zero-order valence-electron chi connectivity index (χ0n) is 12.7. The van der Waals surface area contributed by atoms with Crippen molar-refractivity contribution < 1.29 is 4.79 Å². The van der Waals surface area contributed by atoms with E-state index in [9.17, 15) is 4.79 Å². The fourth-order valence-electron chi connectivity index (χ4n) is 2.50. The molecule has 110 valence electrons. The summed E-state index contributed by atoms with van der Waals surface area (Å²) in [6.07, 6.45) is 0.424. The molecule has 0 aromatic heterocycles. The quantitative estimate of drug-likeness (QED) is 0.772. The van der Waals surface area contributed by atoms with E-state index in [0.29, 0.717) is 13.0 Å². The molecule has 1 N–H and O–H groups in total. The Kier molecular flexibility index (Phi) is 4.19. The molecule has 0 radical (unpaired) electrons. The number of benzene rings is 3. The molecule has 3 aromatic carbocycles. The van der Waals surface area contributed by atoms with E-state index in [0.717, 1.165) is 11.1 Å². The van der Waals surface area contributed by atoms with Gasteiger partial charge in [-0.1, -0.05) is 66.2 Å². The first-order valence-corrected chi connectivity index (χ1v) is 7.51. The van der Waals surface area contributed by atoms with Gasteiger partial charge >= 0.3 is 0 Å². The predicted molar refractivity (Wildman–Crippen MR) is 90.7 cm³/mol. The number of carbonyl (C=O) groups excluding carboxylic acids is 1. The second kappa shape index (κ2) is 6.44. The molecule has 0 spiro atoms. The molecule has 0 atom stereocenters. The number of amides is 1. The molecule has 0 aliphatic carbocycles.